The maximum Gasteiger partial charge on any atom is 0.283 e. The van der Waals surface area contributed by atoms with E-state index in [4.69, 9.17) is 11.6 Å². The minimum absolute atomic E-state index is 0. The second kappa shape index (κ2) is 10.5. The highest BCUT2D eigenvalue weighted by atomic mass is 35.5. The van der Waals surface area contributed by atoms with Crippen molar-refractivity contribution in [2.75, 3.05) is 33.7 Å². The van der Waals surface area contributed by atoms with Gasteiger partial charge in [0.25, 0.3) is 15.9 Å². The van der Waals surface area contributed by atoms with Crippen molar-refractivity contribution in [2.45, 2.75) is 37.0 Å². The molecule has 0 radical (unpaired) electrons. The molecule has 10 nitrogen and oxygen atoms in total. The van der Waals surface area contributed by atoms with Gasteiger partial charge >= 0.3 is 0 Å². The SMILES string of the molecule is CNC(=O)C1CN(S(=O)(=O)c2cc3cc(Cl)ccc3[nH]2)CCN1C(=O)c1nc2c(s1)CN(C)C(C)C2.Cl. The van der Waals surface area contributed by atoms with Gasteiger partial charge in [-0.15, -0.1) is 23.7 Å². The molecule has 0 saturated carbocycles. The number of piperazine rings is 1. The number of nitrogens with zero attached hydrogens (tertiary/aromatic N) is 4. The predicted octanol–water partition coefficient (Wildman–Crippen LogP) is 2.34. The third-order valence-corrected chi connectivity index (χ3v) is 10.0. The van der Waals surface area contributed by atoms with Gasteiger partial charge in [-0.25, -0.2) is 13.4 Å². The lowest BCUT2D eigenvalue weighted by molar-refractivity contribution is -0.126. The highest BCUT2D eigenvalue weighted by Gasteiger charge is 2.41. The summed E-state index contributed by atoms with van der Waals surface area (Å²) in [5.41, 5.74) is 1.56. The number of hydrogen-bond donors (Lipinski definition) is 2. The minimum Gasteiger partial charge on any atom is -0.357 e. The molecule has 37 heavy (non-hydrogen) atoms. The number of hydrogen-bond acceptors (Lipinski definition) is 7. The molecule has 2 N–H and O–H groups in total. The third-order valence-electron chi connectivity index (χ3n) is 6.92. The van der Waals surface area contributed by atoms with Crippen LogP contribution in [0.5, 0.6) is 0 Å². The van der Waals surface area contributed by atoms with E-state index in [0.717, 1.165) is 23.5 Å². The number of benzene rings is 1. The first kappa shape index (κ1) is 27.8. The fourth-order valence-corrected chi connectivity index (χ4v) is 7.41. The zero-order valence-electron chi connectivity index (χ0n) is 20.5. The number of fused-ring (bicyclic) bond motifs is 2. The molecule has 0 bridgehead atoms. The maximum atomic E-state index is 13.5. The van der Waals surface area contributed by atoms with Gasteiger partial charge in [-0.05, 0) is 38.2 Å². The molecule has 14 heteroatoms. The lowest BCUT2D eigenvalue weighted by Gasteiger charge is -2.39. The maximum absolute atomic E-state index is 13.5. The highest BCUT2D eigenvalue weighted by Crippen LogP contribution is 2.30. The first-order valence-corrected chi connectivity index (χ1v) is 14.2. The summed E-state index contributed by atoms with van der Waals surface area (Å²) in [4.78, 5) is 38.5. The fourth-order valence-electron chi connectivity index (χ4n) is 4.66. The molecular formula is C23H28Cl2N6O4S2. The van der Waals surface area contributed by atoms with Crippen LogP contribution < -0.4 is 5.32 Å². The highest BCUT2D eigenvalue weighted by molar-refractivity contribution is 7.89. The van der Waals surface area contributed by atoms with Crippen molar-refractivity contribution in [3.63, 3.8) is 0 Å². The molecule has 0 aliphatic carbocycles. The van der Waals surface area contributed by atoms with Gasteiger partial charge in [-0.2, -0.15) is 4.31 Å². The lowest BCUT2D eigenvalue weighted by atomic mass is 10.1. The largest absolute Gasteiger partial charge is 0.357 e. The molecule has 2 unspecified atom stereocenters. The number of thiazole rings is 1. The second-order valence-corrected chi connectivity index (χ2v) is 12.6. The Hall–Kier alpha value is -2.22. The minimum atomic E-state index is -3.94. The number of rotatable bonds is 4. The average molecular weight is 588 g/mol. The molecule has 2 aliphatic rings. The summed E-state index contributed by atoms with van der Waals surface area (Å²) in [6.07, 6.45) is 0.760. The Labute approximate surface area is 230 Å². The number of aromatic nitrogens is 2. The summed E-state index contributed by atoms with van der Waals surface area (Å²) in [6.45, 7) is 2.81. The van der Waals surface area contributed by atoms with Crippen LogP contribution in [0.4, 0.5) is 0 Å². The van der Waals surface area contributed by atoms with Crippen LogP contribution in [0.3, 0.4) is 0 Å². The van der Waals surface area contributed by atoms with Crippen molar-refractivity contribution in [2.24, 2.45) is 0 Å². The van der Waals surface area contributed by atoms with Crippen molar-refractivity contribution in [1.29, 1.82) is 0 Å². The molecule has 3 aromatic rings. The number of H-pyrrole nitrogens is 1. The van der Waals surface area contributed by atoms with Gasteiger partial charge in [-0.1, -0.05) is 11.6 Å². The van der Waals surface area contributed by atoms with E-state index in [1.54, 1.807) is 18.2 Å². The summed E-state index contributed by atoms with van der Waals surface area (Å²) in [5.74, 6) is -0.781. The van der Waals surface area contributed by atoms with Crippen LogP contribution >= 0.6 is 35.3 Å². The van der Waals surface area contributed by atoms with E-state index in [2.05, 4.69) is 27.1 Å². The Morgan fingerprint density at radius 3 is 2.73 bits per heavy atom. The molecule has 0 spiro atoms. The molecule has 1 aromatic carbocycles. The molecule has 200 valence electrons. The van der Waals surface area contributed by atoms with Gasteiger partial charge in [0.1, 0.15) is 11.1 Å². The standard InChI is InChI=1S/C23H27ClN6O4S2.ClH/c1-13-8-17-19(12-28(13)3)35-22(27-17)23(32)30-7-6-29(11-18(30)21(31)25-2)36(33,34)20-10-14-9-15(24)4-5-16(14)26-20;/h4-5,9-10,13,18,26H,6-8,11-12H2,1-3H3,(H,25,31);1H. The average Bonchev–Trinajstić information content (AvgIpc) is 3.47. The Morgan fingerprint density at radius 1 is 1.24 bits per heavy atom. The monoisotopic (exact) mass is 586 g/mol. The molecule has 1 fully saturated rings. The summed E-state index contributed by atoms with van der Waals surface area (Å²) in [5, 5.41) is 4.09. The number of aromatic amines is 1. The normalized spacial score (nSPS) is 20.9. The Kier molecular flexibility index (Phi) is 7.89. The number of carbonyl (C=O) groups is 2. The molecule has 4 heterocycles. The van der Waals surface area contributed by atoms with Gasteiger partial charge in [0.05, 0.1) is 5.69 Å². The Balaban J connectivity index is 0.00000320. The number of sulfonamides is 1. The van der Waals surface area contributed by atoms with Crippen LogP contribution in [-0.4, -0.2) is 90.1 Å². The van der Waals surface area contributed by atoms with Crippen molar-refractivity contribution in [3.8, 4) is 0 Å². The third kappa shape index (κ3) is 5.10. The number of carbonyl (C=O) groups excluding carboxylic acids is 2. The van der Waals surface area contributed by atoms with Gasteiger partial charge < -0.3 is 15.2 Å². The molecule has 2 aliphatic heterocycles. The zero-order chi connectivity index (χ0) is 25.8. The van der Waals surface area contributed by atoms with E-state index < -0.39 is 22.0 Å². The Bertz CT molecular complexity index is 1430. The first-order chi connectivity index (χ1) is 17.1. The summed E-state index contributed by atoms with van der Waals surface area (Å²) in [6, 6.07) is 5.96. The van der Waals surface area contributed by atoms with Gasteiger partial charge in [0.15, 0.2) is 5.01 Å². The van der Waals surface area contributed by atoms with Crippen LogP contribution in [0.2, 0.25) is 5.02 Å². The van der Waals surface area contributed by atoms with E-state index in [0.29, 0.717) is 27.0 Å². The smallest absolute Gasteiger partial charge is 0.283 e. The Morgan fingerprint density at radius 2 is 2.00 bits per heavy atom. The van der Waals surface area contributed by atoms with E-state index in [1.807, 2.05) is 7.05 Å². The lowest BCUT2D eigenvalue weighted by Crippen LogP contribution is -2.61. The van der Waals surface area contributed by atoms with E-state index >= 15 is 0 Å². The summed E-state index contributed by atoms with van der Waals surface area (Å²) >= 11 is 7.39. The van der Waals surface area contributed by atoms with Crippen molar-refractivity contribution in [1.82, 2.24) is 29.4 Å². The molecule has 2 amide bonds. The van der Waals surface area contributed by atoms with Crippen LogP contribution in [-0.2, 0) is 27.8 Å². The van der Waals surface area contributed by atoms with E-state index in [1.165, 1.54) is 33.7 Å². The van der Waals surface area contributed by atoms with Gasteiger partial charge in [0.2, 0.25) is 5.91 Å². The van der Waals surface area contributed by atoms with Crippen molar-refractivity contribution >= 4 is 68.1 Å². The van der Waals surface area contributed by atoms with E-state index in [9.17, 15) is 18.0 Å². The van der Waals surface area contributed by atoms with Crippen LogP contribution in [0.25, 0.3) is 10.9 Å². The topological polar surface area (TPSA) is 119 Å². The van der Waals surface area contributed by atoms with Gasteiger partial charge in [0, 0.05) is 66.5 Å². The van der Waals surface area contributed by atoms with Gasteiger partial charge in [-0.3, -0.25) is 14.5 Å². The molecule has 2 atom stereocenters. The number of halogens is 2. The first-order valence-electron chi connectivity index (χ1n) is 11.6. The summed E-state index contributed by atoms with van der Waals surface area (Å²) < 4.78 is 28.1. The summed E-state index contributed by atoms with van der Waals surface area (Å²) in [7, 11) is -0.431. The number of nitrogens with one attached hydrogen (secondary N) is 2. The molecule has 5 rings (SSSR count). The number of likely N-dealkylation sites (N-methyl/N-ethyl adjacent to an activating group) is 2. The number of amides is 2. The van der Waals surface area contributed by atoms with Crippen LogP contribution in [0.1, 0.15) is 27.3 Å². The molecule has 2 aromatic heterocycles. The second-order valence-electron chi connectivity index (χ2n) is 9.21. The van der Waals surface area contributed by atoms with Crippen molar-refractivity contribution < 1.29 is 18.0 Å². The molecule has 1 saturated heterocycles. The van der Waals surface area contributed by atoms with Crippen molar-refractivity contribution in [3.05, 3.63) is 44.9 Å². The fraction of sp³-hybridized carbons (Fsp3) is 0.435. The molecular weight excluding hydrogens is 559 g/mol. The van der Waals surface area contributed by atoms with Crippen LogP contribution in [0.15, 0.2) is 29.3 Å². The van der Waals surface area contributed by atoms with E-state index in [-0.39, 0.29) is 43.0 Å². The predicted molar refractivity (Wildman–Crippen MR) is 145 cm³/mol. The quantitative estimate of drug-likeness (QED) is 0.484. The van der Waals surface area contributed by atoms with Crippen LogP contribution in [0, 0.1) is 0 Å². The zero-order valence-corrected chi connectivity index (χ0v) is 23.7.